The molecule has 0 amide bonds. The maximum atomic E-state index is 5.27. The first-order valence-electron chi connectivity index (χ1n) is 9.10. The Morgan fingerprint density at radius 3 is 1.73 bits per heavy atom. The molecule has 2 aromatic carbocycles. The van der Waals surface area contributed by atoms with E-state index >= 15 is 0 Å². The lowest BCUT2D eigenvalue weighted by Gasteiger charge is -2.40. The first-order chi connectivity index (χ1) is 12.7. The summed E-state index contributed by atoms with van der Waals surface area (Å²) in [7, 11) is 3.41. The summed E-state index contributed by atoms with van der Waals surface area (Å²) in [6.07, 6.45) is 0. The molecule has 0 saturated carbocycles. The molecule has 0 unspecified atom stereocenters. The molecule has 2 aromatic rings. The largest absolute Gasteiger partial charge is 0.497 e. The lowest BCUT2D eigenvalue weighted by molar-refractivity contribution is 0.198. The van der Waals surface area contributed by atoms with E-state index in [4.69, 9.17) is 9.47 Å². The first kappa shape index (κ1) is 19.1. The van der Waals surface area contributed by atoms with E-state index in [9.17, 15) is 0 Å². The number of hydrogen-bond donors (Lipinski definition) is 0. The van der Waals surface area contributed by atoms with Crippen molar-refractivity contribution in [2.24, 2.45) is 0 Å². The molecule has 0 atom stereocenters. The minimum Gasteiger partial charge on any atom is -0.497 e. The van der Waals surface area contributed by atoms with Crippen LogP contribution in [0, 0.1) is 0 Å². The Balaban J connectivity index is 1.65. The molecule has 140 valence electrons. The van der Waals surface area contributed by atoms with Gasteiger partial charge in [-0.15, -0.1) is 0 Å². The molecule has 0 aliphatic carbocycles. The molecule has 1 saturated heterocycles. The fourth-order valence-electron chi connectivity index (χ4n) is 3.06. The van der Waals surface area contributed by atoms with Crippen molar-refractivity contribution in [1.82, 2.24) is 9.21 Å². The van der Waals surface area contributed by atoms with Crippen molar-refractivity contribution in [2.45, 2.75) is 25.3 Å². The smallest absolute Gasteiger partial charge is 0.118 e. The van der Waals surface area contributed by atoms with Gasteiger partial charge in [-0.3, -0.25) is 0 Å². The molecule has 0 N–H and O–H groups in total. The monoisotopic (exact) mass is 372 g/mol. The Labute approximate surface area is 161 Å². The molecule has 1 fully saturated rings. The van der Waals surface area contributed by atoms with E-state index in [2.05, 4.69) is 40.4 Å². The van der Waals surface area contributed by atoms with Crippen LogP contribution in [0.5, 0.6) is 11.5 Å². The SMILES string of the molecule is CCN1CC(SN(Cc2ccc(OC)cc2)Cc2ccc(OC)cc2)C1. The van der Waals surface area contributed by atoms with Gasteiger partial charge in [0.2, 0.25) is 0 Å². The van der Waals surface area contributed by atoms with Crippen molar-refractivity contribution in [3.63, 3.8) is 0 Å². The van der Waals surface area contributed by atoms with Gasteiger partial charge >= 0.3 is 0 Å². The van der Waals surface area contributed by atoms with Crippen LogP contribution >= 0.6 is 11.9 Å². The van der Waals surface area contributed by atoms with Crippen LogP contribution in [0.3, 0.4) is 0 Å². The minimum absolute atomic E-state index is 0.687. The zero-order valence-electron chi connectivity index (χ0n) is 15.9. The first-order valence-corrected chi connectivity index (χ1v) is 9.93. The van der Waals surface area contributed by atoms with Crippen molar-refractivity contribution in [2.75, 3.05) is 33.9 Å². The van der Waals surface area contributed by atoms with E-state index in [0.29, 0.717) is 5.25 Å². The van der Waals surface area contributed by atoms with Gasteiger partial charge in [0.25, 0.3) is 0 Å². The molecule has 1 heterocycles. The van der Waals surface area contributed by atoms with Crippen LogP contribution in [0.4, 0.5) is 0 Å². The van der Waals surface area contributed by atoms with Crippen LogP contribution in [0.15, 0.2) is 48.5 Å². The fraction of sp³-hybridized carbons (Fsp3) is 0.429. The van der Waals surface area contributed by atoms with Crippen molar-refractivity contribution < 1.29 is 9.47 Å². The summed E-state index contributed by atoms with van der Waals surface area (Å²) in [4.78, 5) is 2.48. The standard InChI is InChI=1S/C21H28N2O2S/c1-4-22-15-21(16-22)26-23(13-17-5-9-19(24-2)10-6-17)14-18-7-11-20(25-3)12-8-18/h5-12,21H,4,13-16H2,1-3H3. The van der Waals surface area contributed by atoms with Gasteiger partial charge in [0.1, 0.15) is 11.5 Å². The molecule has 0 spiro atoms. The van der Waals surface area contributed by atoms with Crippen LogP contribution in [-0.4, -0.2) is 48.3 Å². The summed E-state index contributed by atoms with van der Waals surface area (Å²) in [5.74, 6) is 1.81. The van der Waals surface area contributed by atoms with Gasteiger partial charge in [0, 0.05) is 31.4 Å². The summed E-state index contributed by atoms with van der Waals surface area (Å²) in [6, 6.07) is 16.8. The number of likely N-dealkylation sites (tertiary alicyclic amines) is 1. The lowest BCUT2D eigenvalue weighted by atomic mass is 10.2. The van der Waals surface area contributed by atoms with Gasteiger partial charge in [-0.2, -0.15) is 0 Å². The predicted molar refractivity (Wildman–Crippen MR) is 109 cm³/mol. The quantitative estimate of drug-likeness (QED) is 0.618. The molecule has 26 heavy (non-hydrogen) atoms. The zero-order valence-corrected chi connectivity index (χ0v) is 16.7. The highest BCUT2D eigenvalue weighted by Crippen LogP contribution is 2.29. The van der Waals surface area contributed by atoms with Crippen LogP contribution in [0.2, 0.25) is 0 Å². The molecular weight excluding hydrogens is 344 g/mol. The summed E-state index contributed by atoms with van der Waals surface area (Å²) in [5.41, 5.74) is 2.61. The fourth-order valence-corrected chi connectivity index (χ4v) is 4.48. The third-order valence-electron chi connectivity index (χ3n) is 4.70. The maximum absolute atomic E-state index is 5.27. The molecule has 0 bridgehead atoms. The second kappa shape index (κ2) is 9.31. The summed E-state index contributed by atoms with van der Waals surface area (Å²) >= 11 is 1.99. The summed E-state index contributed by atoms with van der Waals surface area (Å²) < 4.78 is 13.0. The number of nitrogens with zero attached hydrogens (tertiary/aromatic N) is 2. The predicted octanol–water partition coefficient (Wildman–Crippen LogP) is 4.06. The Kier molecular flexibility index (Phi) is 6.83. The third kappa shape index (κ3) is 5.16. The Hall–Kier alpha value is -1.69. The zero-order chi connectivity index (χ0) is 18.4. The number of benzene rings is 2. The van der Waals surface area contributed by atoms with E-state index in [1.807, 2.05) is 36.2 Å². The Morgan fingerprint density at radius 2 is 1.35 bits per heavy atom. The lowest BCUT2D eigenvalue weighted by Crippen LogP contribution is -2.49. The van der Waals surface area contributed by atoms with E-state index in [-0.39, 0.29) is 0 Å². The van der Waals surface area contributed by atoms with Crippen LogP contribution < -0.4 is 9.47 Å². The van der Waals surface area contributed by atoms with Crippen molar-refractivity contribution in [3.8, 4) is 11.5 Å². The Morgan fingerprint density at radius 1 is 0.885 bits per heavy atom. The molecule has 1 aliphatic rings. The summed E-state index contributed by atoms with van der Waals surface area (Å²) in [6.45, 7) is 7.58. The van der Waals surface area contributed by atoms with Crippen molar-refractivity contribution in [1.29, 1.82) is 0 Å². The molecule has 3 rings (SSSR count). The summed E-state index contributed by atoms with van der Waals surface area (Å²) in [5, 5.41) is 0.687. The van der Waals surface area contributed by atoms with Gasteiger partial charge in [-0.25, -0.2) is 4.31 Å². The number of ether oxygens (including phenoxy) is 2. The van der Waals surface area contributed by atoms with Gasteiger partial charge in [-0.05, 0) is 41.9 Å². The normalized spacial score (nSPS) is 15.1. The van der Waals surface area contributed by atoms with Crippen molar-refractivity contribution >= 4 is 11.9 Å². The van der Waals surface area contributed by atoms with Gasteiger partial charge in [0.15, 0.2) is 0 Å². The highest BCUT2D eigenvalue weighted by molar-refractivity contribution is 7.97. The number of rotatable bonds is 9. The van der Waals surface area contributed by atoms with Crippen molar-refractivity contribution in [3.05, 3.63) is 59.7 Å². The number of methoxy groups -OCH3 is 2. The third-order valence-corrected chi connectivity index (χ3v) is 5.86. The molecule has 0 radical (unpaired) electrons. The van der Waals surface area contributed by atoms with Crippen LogP contribution in [0.25, 0.3) is 0 Å². The second-order valence-corrected chi connectivity index (χ2v) is 7.97. The second-order valence-electron chi connectivity index (χ2n) is 6.57. The topological polar surface area (TPSA) is 24.9 Å². The van der Waals surface area contributed by atoms with Crippen LogP contribution in [0.1, 0.15) is 18.1 Å². The molecule has 4 nitrogen and oxygen atoms in total. The number of hydrogen-bond acceptors (Lipinski definition) is 5. The van der Waals surface area contributed by atoms with Gasteiger partial charge in [0.05, 0.1) is 14.2 Å². The van der Waals surface area contributed by atoms with E-state index in [1.165, 1.54) is 24.2 Å². The van der Waals surface area contributed by atoms with Gasteiger partial charge < -0.3 is 14.4 Å². The average molecular weight is 373 g/mol. The maximum Gasteiger partial charge on any atom is 0.118 e. The van der Waals surface area contributed by atoms with Crippen LogP contribution in [-0.2, 0) is 13.1 Å². The highest BCUT2D eigenvalue weighted by Gasteiger charge is 2.28. The molecular formula is C21H28N2O2S. The minimum atomic E-state index is 0.687. The van der Waals surface area contributed by atoms with E-state index in [0.717, 1.165) is 31.1 Å². The average Bonchev–Trinajstić information content (AvgIpc) is 2.65. The highest BCUT2D eigenvalue weighted by atomic mass is 32.2. The molecule has 5 heteroatoms. The van der Waals surface area contributed by atoms with E-state index in [1.54, 1.807) is 14.2 Å². The molecule has 1 aliphatic heterocycles. The molecule has 0 aromatic heterocycles. The Bertz CT molecular complexity index is 620. The van der Waals surface area contributed by atoms with E-state index < -0.39 is 0 Å². The van der Waals surface area contributed by atoms with Gasteiger partial charge in [-0.1, -0.05) is 43.1 Å².